The number of fused-ring (bicyclic) bond motifs is 3. The van der Waals surface area contributed by atoms with Crippen LogP contribution in [0.5, 0.6) is 0 Å². The molecule has 0 radical (unpaired) electrons. The topological polar surface area (TPSA) is 400 Å². The second-order valence-electron chi connectivity index (χ2n) is 35.9. The summed E-state index contributed by atoms with van der Waals surface area (Å²) in [6.45, 7) is 16.2. The zero-order valence-electron chi connectivity index (χ0n) is 79.4. The van der Waals surface area contributed by atoms with Crippen LogP contribution < -0.4 is 58.8 Å². The second-order valence-corrected chi connectivity index (χ2v) is 38.0. The van der Waals surface area contributed by atoms with Crippen LogP contribution in [0.25, 0.3) is 95.2 Å². The highest BCUT2D eigenvalue weighted by atomic mass is 32.2. The van der Waals surface area contributed by atoms with Gasteiger partial charge in [0.1, 0.15) is 28.9 Å². The van der Waals surface area contributed by atoms with Gasteiger partial charge in [-0.1, -0.05) is 24.3 Å². The molecule has 0 spiro atoms. The maximum Gasteiger partial charge on any atom is 0.416 e. The van der Waals surface area contributed by atoms with Crippen LogP contribution in [0.1, 0.15) is 72.4 Å². The number of likely N-dealkylation sites (tertiary alicyclic amines) is 2. The average Bonchev–Trinajstić information content (AvgIpc) is 0.993. The molecule has 4 fully saturated rings. The molecule has 0 amide bonds. The molecule has 141 heavy (non-hydrogen) atoms. The van der Waals surface area contributed by atoms with Gasteiger partial charge in [-0.25, -0.2) is 52.6 Å². The van der Waals surface area contributed by atoms with Crippen LogP contribution >= 0.6 is 0 Å². The Morgan fingerprint density at radius 2 is 1.13 bits per heavy atom. The maximum absolute atomic E-state index is 14.2. The Labute approximate surface area is 811 Å². The summed E-state index contributed by atoms with van der Waals surface area (Å²) in [4.78, 5) is 106. The normalized spacial score (nSPS) is 15.8. The van der Waals surface area contributed by atoms with Crippen molar-refractivity contribution < 1.29 is 39.9 Å². The summed E-state index contributed by atoms with van der Waals surface area (Å²) in [6, 6.07) is 41.6. The van der Waals surface area contributed by atoms with Crippen LogP contribution in [-0.2, 0) is 45.3 Å². The fourth-order valence-electron chi connectivity index (χ4n) is 18.0. The monoisotopic (exact) mass is 1930 g/mol. The van der Waals surface area contributed by atoms with E-state index in [1.807, 2.05) is 86.6 Å². The van der Waals surface area contributed by atoms with E-state index in [9.17, 15) is 36.0 Å². The summed E-state index contributed by atoms with van der Waals surface area (Å²) in [6.07, 6.45) is 18.9. The zero-order chi connectivity index (χ0) is 98.0. The van der Waals surface area contributed by atoms with Gasteiger partial charge in [-0.05, 0) is 226 Å². The van der Waals surface area contributed by atoms with Crippen molar-refractivity contribution >= 4 is 101 Å². The van der Waals surface area contributed by atoms with Crippen molar-refractivity contribution in [1.82, 2.24) is 103 Å². The number of piperidine rings is 3. The van der Waals surface area contributed by atoms with Crippen molar-refractivity contribution in [3.05, 3.63) is 261 Å². The number of nitrogens with zero attached hydrogens (tertiary/aromatic N) is 20. The summed E-state index contributed by atoms with van der Waals surface area (Å²) in [5, 5.41) is 25.2. The first-order valence-electron chi connectivity index (χ1n) is 46.9. The summed E-state index contributed by atoms with van der Waals surface area (Å²) in [5.74, 6) is 1.97. The summed E-state index contributed by atoms with van der Waals surface area (Å²) in [7, 11) is 4.43. The van der Waals surface area contributed by atoms with Gasteiger partial charge in [-0.3, -0.25) is 38.0 Å². The summed E-state index contributed by atoms with van der Waals surface area (Å²) >= 11 is 0. The molecule has 0 aliphatic carbocycles. The van der Waals surface area contributed by atoms with Gasteiger partial charge in [-0.15, -0.1) is 0 Å². The van der Waals surface area contributed by atoms with E-state index in [2.05, 4.69) is 147 Å². The van der Waals surface area contributed by atoms with Gasteiger partial charge in [-0.2, -0.15) is 28.1 Å². The van der Waals surface area contributed by atoms with Crippen LogP contribution in [0, 0.1) is 20.8 Å². The molecule has 40 heteroatoms. The number of halogens is 3. The molecule has 0 bridgehead atoms. The van der Waals surface area contributed by atoms with E-state index < -0.39 is 27.3 Å². The molecule has 11 aromatic heterocycles. The average molecular weight is 1940 g/mol. The number of morpholine rings is 1. The number of ether oxygens (including phenoxy) is 2. The number of aromatic nitrogens is 15. The molecule has 4 aromatic carbocycles. The number of likely N-dealkylation sites (N-methyl/N-ethyl adjacent to an activating group) is 2. The first kappa shape index (κ1) is 96.5. The molecule has 0 saturated carbocycles. The van der Waals surface area contributed by atoms with Gasteiger partial charge in [0.05, 0.1) is 72.8 Å². The van der Waals surface area contributed by atoms with Gasteiger partial charge in [0.15, 0.2) is 30.5 Å². The van der Waals surface area contributed by atoms with E-state index >= 15 is 0 Å². The van der Waals surface area contributed by atoms with Crippen molar-refractivity contribution in [3.8, 4) is 56.4 Å². The molecular formula is C101H110F3N27O9S. The quantitative estimate of drug-likeness (QED) is 0.0251. The Balaban J connectivity index is 0.000000140. The van der Waals surface area contributed by atoms with Crippen molar-refractivity contribution in [2.24, 2.45) is 0 Å². The molecule has 5 aliphatic rings. The number of anilines is 9. The molecular weight excluding hydrogens is 1820 g/mol. The Hall–Kier alpha value is -14.8. The van der Waals surface area contributed by atoms with Crippen molar-refractivity contribution in [3.63, 3.8) is 0 Å². The number of benzene rings is 4. The first-order valence-corrected chi connectivity index (χ1v) is 48.7. The molecule has 15 aromatic rings. The number of sulfonamides is 1. The summed E-state index contributed by atoms with van der Waals surface area (Å²) in [5.41, 5.74) is 11.8. The lowest BCUT2D eigenvalue weighted by Crippen LogP contribution is -2.41. The van der Waals surface area contributed by atoms with E-state index in [0.717, 1.165) is 154 Å². The minimum absolute atomic E-state index is 0.0546. The van der Waals surface area contributed by atoms with Crippen molar-refractivity contribution in [2.45, 2.75) is 103 Å². The predicted octanol–water partition coefficient (Wildman–Crippen LogP) is 13.8. The lowest BCUT2D eigenvalue weighted by molar-refractivity contribution is -0.138. The molecule has 1 unspecified atom stereocenters. The molecule has 5 aliphatic heterocycles. The smallest absolute Gasteiger partial charge is 0.416 e. The highest BCUT2D eigenvalue weighted by molar-refractivity contribution is 7.88. The standard InChI is InChI=1S/C35H34F3N9O2.C35H40N8O3.C31H36N10O4S/c1-21-28(17-39-31(42-21)30-19-49-20-41-30)27-15-23-16-40-34(44-25-9-7-24(8-10-25)43-26-11-13-46(2)14-12-26)45-32(23)47(33(27)48)18-22-5-3-4-6-29(22)35(36,37)38;1-24-30(7-8-32(38-24)25-11-18-46-23-25)31-21-26-22-37-35(40-33(26)43(34(31)44)15-14-42-16-19-45-20-17-42)39-27-3-5-28(6-4-27)41(2)29-9-12-36-13-10-29;1-20-15-33-28(26-17-32-19-45-26)37-27(20)25-14-21-16-34-31(38-29(21)41(30(25)42)13-12-40(3)46(4,43)44)36-23-9-7-22(8-10-23)35-24-6-5-11-39(2)18-24/h3-10,15-17,19,26,41,43H,11-14,18,20H2,1-2H3,(H,40,44,45);3-8,11,18,21-23,29,36H,9-10,12-17,19-20H2,1-2H3,(H,37,39,40);7-10,14-17,19,24,35H,5-6,11-13,18H2,1-4H3,(H,34,36,38). The predicted molar refractivity (Wildman–Crippen MR) is 538 cm³/mol. The molecule has 4 saturated heterocycles. The largest absolute Gasteiger partial charge is 0.479 e. The molecule has 730 valence electrons. The third kappa shape index (κ3) is 23.0. The highest BCUT2D eigenvalue weighted by Crippen LogP contribution is 2.36. The Morgan fingerprint density at radius 3 is 1.72 bits per heavy atom. The Kier molecular flexibility index (Phi) is 29.3. The number of nitrogens with one attached hydrogen (secondary N) is 7. The fourth-order valence-corrected chi connectivity index (χ4v) is 18.4. The number of oxazole rings is 1. The third-order valence-electron chi connectivity index (χ3n) is 26.0. The van der Waals surface area contributed by atoms with Crippen LogP contribution in [0.15, 0.2) is 219 Å². The summed E-state index contributed by atoms with van der Waals surface area (Å²) < 4.78 is 93.5. The zero-order valence-corrected chi connectivity index (χ0v) is 80.2. The van der Waals surface area contributed by atoms with Gasteiger partial charge in [0.25, 0.3) is 16.7 Å². The number of rotatable bonds is 27. The van der Waals surface area contributed by atoms with Crippen LogP contribution in [-0.4, -0.2) is 239 Å². The van der Waals surface area contributed by atoms with E-state index in [0.29, 0.717) is 135 Å². The molecule has 1 atom stereocenters. The molecule has 20 rings (SSSR count). The lowest BCUT2D eigenvalue weighted by atomic mass is 10.0. The van der Waals surface area contributed by atoms with Gasteiger partial charge in [0.2, 0.25) is 27.9 Å². The maximum atomic E-state index is 14.2. The Bertz CT molecular complexity index is 7320. The van der Waals surface area contributed by atoms with E-state index in [1.165, 1.54) is 75.8 Å². The second kappa shape index (κ2) is 42.9. The van der Waals surface area contributed by atoms with E-state index in [4.69, 9.17) is 33.3 Å². The minimum atomic E-state index is -4.61. The Morgan fingerprint density at radius 1 is 0.553 bits per heavy atom. The number of furan rings is 1. The van der Waals surface area contributed by atoms with Gasteiger partial charge < -0.3 is 70.2 Å². The number of alkyl halides is 3. The van der Waals surface area contributed by atoms with Crippen LogP contribution in [0.4, 0.5) is 65.1 Å². The number of aryl methyl sites for hydroxylation is 3. The molecule has 7 N–H and O–H groups in total. The molecule has 36 nitrogen and oxygen atoms in total. The molecule has 16 heterocycles. The lowest BCUT2D eigenvalue weighted by Gasteiger charge is -2.33. The van der Waals surface area contributed by atoms with Crippen LogP contribution in [0.2, 0.25) is 0 Å². The van der Waals surface area contributed by atoms with Gasteiger partial charge in [0, 0.05) is 193 Å². The number of hydrogen-bond acceptors (Lipinski definition) is 32. The fraction of sp³-hybridized carbons (Fsp3) is 0.337. The minimum Gasteiger partial charge on any atom is -0.479 e. The van der Waals surface area contributed by atoms with Crippen molar-refractivity contribution in [1.29, 1.82) is 0 Å². The third-order valence-corrected chi connectivity index (χ3v) is 27.3. The highest BCUT2D eigenvalue weighted by Gasteiger charge is 2.34. The first-order chi connectivity index (χ1) is 68.2. The van der Waals surface area contributed by atoms with E-state index in [-0.39, 0.29) is 59.3 Å². The van der Waals surface area contributed by atoms with Gasteiger partial charge >= 0.3 is 6.18 Å². The van der Waals surface area contributed by atoms with E-state index in [1.54, 1.807) is 60.9 Å². The SMILES string of the molecule is Cc1cnc(-c2cnco2)nc1-c1cc2cnc(Nc3ccc(NC4CCCN(C)C4)cc3)nc2n(CCN(C)S(C)(=O)=O)c1=O.Cc1nc(-c2ccoc2)ccc1-c1cc2cnc(Nc3ccc(N(C)C4CCNCC4)cc3)nc2n(CCN2CCOCC2)c1=O.Cc1nc(C2=COCN2)ncc1-c1cc2cnc(Nc3ccc(NC4CCN(C)CC4)cc3)nc2n(Cc2ccccc2C(F)(F)F)c1=O. The van der Waals surface area contributed by atoms with Crippen molar-refractivity contribution in [2.75, 3.05) is 151 Å². The number of pyridine rings is 4. The van der Waals surface area contributed by atoms with Crippen LogP contribution in [0.3, 0.4) is 0 Å². The number of hydrogen-bond donors (Lipinski definition) is 7.